The molecule has 30 heavy (non-hydrogen) atoms. The monoisotopic (exact) mass is 418 g/mol. The van der Waals surface area contributed by atoms with E-state index >= 15 is 0 Å². The lowest BCUT2D eigenvalue weighted by molar-refractivity contribution is -0.384. The molecule has 156 valence electrons. The zero-order valence-corrected chi connectivity index (χ0v) is 15.7. The predicted molar refractivity (Wildman–Crippen MR) is 109 cm³/mol. The van der Waals surface area contributed by atoms with E-state index in [4.69, 9.17) is 5.73 Å². The van der Waals surface area contributed by atoms with E-state index in [0.717, 1.165) is 12.1 Å². The highest BCUT2D eigenvalue weighted by molar-refractivity contribution is 5.84. The minimum absolute atomic E-state index is 0.0210. The first-order chi connectivity index (χ1) is 14.2. The Hall–Kier alpha value is -4.02. The molecule has 0 saturated heterocycles. The number of nitro groups is 1. The van der Waals surface area contributed by atoms with Gasteiger partial charge in [0.05, 0.1) is 16.7 Å². The molecule has 11 heteroatoms. The summed E-state index contributed by atoms with van der Waals surface area (Å²) in [5, 5.41) is 23.4. The van der Waals surface area contributed by atoms with E-state index in [-0.39, 0.29) is 11.6 Å². The van der Waals surface area contributed by atoms with Crippen LogP contribution in [0.3, 0.4) is 0 Å². The summed E-state index contributed by atoms with van der Waals surface area (Å²) in [4.78, 5) is 10.1. The molecule has 0 amide bonds. The molecule has 0 radical (unpaired) electrons. The summed E-state index contributed by atoms with van der Waals surface area (Å²) < 4.78 is 37.5. The van der Waals surface area contributed by atoms with Gasteiger partial charge in [0.15, 0.2) is 0 Å². The molecular weight excluding hydrogens is 401 g/mol. The second kappa shape index (κ2) is 9.96. The first-order valence-corrected chi connectivity index (χ1v) is 8.39. The standard InChI is InChI=1S/C19H17F3N6O2/c1-27(25-13-15-6-10-17(11-7-15)28(29)30)18(23)26-24-12-2-3-14-4-8-16(9-5-14)19(20,21)22/h2-13H,1H3,(H2,23,26). The smallest absolute Gasteiger partial charge is 0.367 e. The molecule has 0 fully saturated rings. The maximum atomic E-state index is 12.5. The van der Waals surface area contributed by atoms with Gasteiger partial charge in [0.2, 0.25) is 5.96 Å². The highest BCUT2D eigenvalue weighted by Gasteiger charge is 2.29. The van der Waals surface area contributed by atoms with Gasteiger partial charge in [-0.15, -0.1) is 5.10 Å². The van der Waals surface area contributed by atoms with Crippen molar-refractivity contribution in [1.82, 2.24) is 5.01 Å². The molecule has 8 nitrogen and oxygen atoms in total. The molecule has 0 aliphatic carbocycles. The first kappa shape index (κ1) is 22.3. The number of nitro benzene ring substituents is 1. The van der Waals surface area contributed by atoms with E-state index in [9.17, 15) is 23.3 Å². The summed E-state index contributed by atoms with van der Waals surface area (Å²) in [6.45, 7) is 0. The highest BCUT2D eigenvalue weighted by Crippen LogP contribution is 2.29. The Morgan fingerprint density at radius 2 is 1.70 bits per heavy atom. The van der Waals surface area contributed by atoms with Gasteiger partial charge in [-0.25, -0.2) is 5.01 Å². The van der Waals surface area contributed by atoms with Gasteiger partial charge in [-0.2, -0.15) is 23.4 Å². The van der Waals surface area contributed by atoms with Crippen LogP contribution < -0.4 is 5.73 Å². The quantitative estimate of drug-likeness (QED) is 0.332. The van der Waals surface area contributed by atoms with Crippen LogP contribution in [0, 0.1) is 10.1 Å². The maximum absolute atomic E-state index is 12.5. The third-order valence-corrected chi connectivity index (χ3v) is 3.66. The molecule has 2 rings (SSSR count). The molecule has 0 unspecified atom stereocenters. The average molecular weight is 418 g/mol. The topological polar surface area (TPSA) is 109 Å². The number of hydrazone groups is 1. The van der Waals surface area contributed by atoms with Gasteiger partial charge in [0.25, 0.3) is 5.69 Å². The summed E-state index contributed by atoms with van der Waals surface area (Å²) in [6.07, 6.45) is 1.45. The second-order valence-electron chi connectivity index (χ2n) is 5.82. The molecule has 2 aromatic carbocycles. The summed E-state index contributed by atoms with van der Waals surface area (Å²) in [6, 6.07) is 10.4. The number of nitrogens with two attached hydrogens (primary N) is 1. The molecule has 0 aliphatic rings. The van der Waals surface area contributed by atoms with Crippen LogP contribution in [-0.2, 0) is 6.18 Å². The van der Waals surface area contributed by atoms with Crippen LogP contribution in [0.4, 0.5) is 18.9 Å². The van der Waals surface area contributed by atoms with Gasteiger partial charge in [0, 0.05) is 25.4 Å². The minimum Gasteiger partial charge on any atom is -0.367 e. The zero-order chi connectivity index (χ0) is 22.1. The lowest BCUT2D eigenvalue weighted by Crippen LogP contribution is -2.29. The Kier molecular flexibility index (Phi) is 7.39. The van der Waals surface area contributed by atoms with Crippen LogP contribution in [0.15, 0.2) is 69.9 Å². The number of allylic oxidation sites excluding steroid dienone is 1. The van der Waals surface area contributed by atoms with Crippen LogP contribution in [0.5, 0.6) is 0 Å². The van der Waals surface area contributed by atoms with Crippen molar-refractivity contribution in [2.45, 2.75) is 6.18 Å². The summed E-state index contributed by atoms with van der Waals surface area (Å²) in [5.74, 6) is -0.0210. The minimum atomic E-state index is -4.37. The Morgan fingerprint density at radius 3 is 2.27 bits per heavy atom. The maximum Gasteiger partial charge on any atom is 0.416 e. The van der Waals surface area contributed by atoms with E-state index in [1.54, 1.807) is 6.08 Å². The summed E-state index contributed by atoms with van der Waals surface area (Å²) >= 11 is 0. The van der Waals surface area contributed by atoms with E-state index < -0.39 is 16.7 Å². The molecule has 2 N–H and O–H groups in total. The molecule has 0 bridgehead atoms. The van der Waals surface area contributed by atoms with E-state index in [1.165, 1.54) is 67.0 Å². The van der Waals surface area contributed by atoms with Crippen molar-refractivity contribution in [2.75, 3.05) is 7.05 Å². The SMILES string of the molecule is CN(N=Cc1ccc([N+](=O)[O-])cc1)/C(N)=N\N=CC=Cc1ccc(C(F)(F)F)cc1. The molecule has 0 aliphatic heterocycles. The van der Waals surface area contributed by atoms with Gasteiger partial charge >= 0.3 is 6.18 Å². The zero-order valence-electron chi connectivity index (χ0n) is 15.7. The van der Waals surface area contributed by atoms with Gasteiger partial charge in [0.1, 0.15) is 0 Å². The molecule has 2 aromatic rings. The number of hydrogen-bond donors (Lipinski definition) is 1. The van der Waals surface area contributed by atoms with Crippen molar-refractivity contribution in [3.05, 3.63) is 81.4 Å². The number of halogens is 3. The molecule has 0 aromatic heterocycles. The van der Waals surface area contributed by atoms with Crippen LogP contribution in [0.25, 0.3) is 6.08 Å². The Balaban J connectivity index is 1.90. The fourth-order valence-corrected chi connectivity index (χ4v) is 2.03. The number of guanidine groups is 1. The van der Waals surface area contributed by atoms with Crippen molar-refractivity contribution in [3.63, 3.8) is 0 Å². The number of rotatable bonds is 6. The van der Waals surface area contributed by atoms with Crippen molar-refractivity contribution >= 4 is 30.2 Å². The largest absolute Gasteiger partial charge is 0.416 e. The Bertz CT molecular complexity index is 981. The van der Waals surface area contributed by atoms with Crippen molar-refractivity contribution in [3.8, 4) is 0 Å². The number of benzene rings is 2. The number of non-ortho nitro benzene ring substituents is 1. The summed E-state index contributed by atoms with van der Waals surface area (Å²) in [7, 11) is 1.54. The van der Waals surface area contributed by atoms with Gasteiger partial charge < -0.3 is 5.73 Å². The number of alkyl halides is 3. The average Bonchev–Trinajstić information content (AvgIpc) is 2.71. The van der Waals surface area contributed by atoms with Crippen LogP contribution in [0.1, 0.15) is 16.7 Å². The van der Waals surface area contributed by atoms with E-state index in [0.29, 0.717) is 11.1 Å². The Morgan fingerprint density at radius 1 is 1.10 bits per heavy atom. The van der Waals surface area contributed by atoms with Crippen molar-refractivity contribution in [1.29, 1.82) is 0 Å². The molecule has 0 spiro atoms. The normalized spacial score (nSPS) is 12.9. The van der Waals surface area contributed by atoms with Gasteiger partial charge in [-0.05, 0) is 41.5 Å². The molecule has 0 heterocycles. The van der Waals surface area contributed by atoms with Crippen LogP contribution in [-0.4, -0.2) is 35.4 Å². The fourth-order valence-electron chi connectivity index (χ4n) is 2.03. The Labute approximate surface area is 169 Å². The van der Waals surface area contributed by atoms with Crippen LogP contribution in [0.2, 0.25) is 0 Å². The molecule has 0 saturated carbocycles. The summed E-state index contributed by atoms with van der Waals surface area (Å²) in [5.41, 5.74) is 6.17. The predicted octanol–water partition coefficient (Wildman–Crippen LogP) is 3.89. The second-order valence-corrected chi connectivity index (χ2v) is 5.82. The fraction of sp³-hybridized carbons (Fsp3) is 0.105. The molecule has 0 atom stereocenters. The third kappa shape index (κ3) is 6.86. The lowest BCUT2D eigenvalue weighted by Gasteiger charge is -2.09. The first-order valence-electron chi connectivity index (χ1n) is 8.39. The molecular formula is C19H17F3N6O2. The third-order valence-electron chi connectivity index (χ3n) is 3.66. The lowest BCUT2D eigenvalue weighted by atomic mass is 10.1. The van der Waals surface area contributed by atoms with Gasteiger partial charge in [-0.3, -0.25) is 10.1 Å². The van der Waals surface area contributed by atoms with E-state index in [2.05, 4.69) is 15.3 Å². The van der Waals surface area contributed by atoms with E-state index in [1.807, 2.05) is 0 Å². The number of nitrogens with zero attached hydrogens (tertiary/aromatic N) is 5. The number of hydrogen-bond acceptors (Lipinski definition) is 5. The van der Waals surface area contributed by atoms with Gasteiger partial charge in [-0.1, -0.05) is 18.2 Å². The van der Waals surface area contributed by atoms with Crippen LogP contribution >= 0.6 is 0 Å². The van der Waals surface area contributed by atoms with Crippen molar-refractivity contribution in [2.24, 2.45) is 21.0 Å². The highest BCUT2D eigenvalue weighted by atomic mass is 19.4. The van der Waals surface area contributed by atoms with Crippen molar-refractivity contribution < 1.29 is 18.1 Å².